The standard InChI is InChI=1S/C23H26N2O2S/c1-23(2,3)17-12-10-16(11-13-17)21(26)25(15-18-7-6-14-27-18)22-24-19-8-4-5-9-20(19)28-22/h4-5,8-13,18H,6-7,14-15H2,1-3H3. The zero-order valence-electron chi connectivity index (χ0n) is 16.6. The first-order valence-corrected chi connectivity index (χ1v) is 10.6. The summed E-state index contributed by atoms with van der Waals surface area (Å²) in [6.45, 7) is 7.84. The average Bonchev–Trinajstić information content (AvgIpc) is 3.34. The largest absolute Gasteiger partial charge is 0.376 e. The van der Waals surface area contributed by atoms with Crippen molar-refractivity contribution in [2.75, 3.05) is 18.1 Å². The molecule has 1 amide bonds. The maximum absolute atomic E-state index is 13.4. The molecule has 1 atom stereocenters. The number of amides is 1. The summed E-state index contributed by atoms with van der Waals surface area (Å²) in [6, 6.07) is 16.0. The highest BCUT2D eigenvalue weighted by atomic mass is 32.1. The first-order valence-electron chi connectivity index (χ1n) is 9.81. The van der Waals surface area contributed by atoms with Gasteiger partial charge < -0.3 is 4.74 Å². The highest BCUT2D eigenvalue weighted by Crippen LogP contribution is 2.31. The van der Waals surface area contributed by atoms with Crippen LogP contribution in [0.2, 0.25) is 0 Å². The van der Waals surface area contributed by atoms with Gasteiger partial charge in [0, 0.05) is 12.2 Å². The number of aromatic nitrogens is 1. The lowest BCUT2D eigenvalue weighted by Gasteiger charge is -2.24. The van der Waals surface area contributed by atoms with E-state index in [9.17, 15) is 4.79 Å². The summed E-state index contributed by atoms with van der Waals surface area (Å²) in [7, 11) is 0. The predicted molar refractivity (Wildman–Crippen MR) is 115 cm³/mol. The van der Waals surface area contributed by atoms with Crippen molar-refractivity contribution in [3.63, 3.8) is 0 Å². The molecule has 1 aliphatic rings. The minimum absolute atomic E-state index is 0.0185. The van der Waals surface area contributed by atoms with Crippen LogP contribution < -0.4 is 4.90 Å². The number of thiazole rings is 1. The molecule has 1 aliphatic heterocycles. The molecule has 1 fully saturated rings. The number of hydrogen-bond acceptors (Lipinski definition) is 4. The number of ether oxygens (including phenoxy) is 1. The maximum atomic E-state index is 13.4. The zero-order valence-corrected chi connectivity index (χ0v) is 17.5. The van der Waals surface area contributed by atoms with E-state index >= 15 is 0 Å². The Kier molecular flexibility index (Phi) is 5.21. The Hall–Kier alpha value is -2.24. The van der Waals surface area contributed by atoms with E-state index in [0.717, 1.165) is 34.8 Å². The van der Waals surface area contributed by atoms with Crippen LogP contribution in [-0.4, -0.2) is 30.1 Å². The smallest absolute Gasteiger partial charge is 0.260 e. The van der Waals surface area contributed by atoms with Gasteiger partial charge in [0.05, 0.1) is 22.9 Å². The van der Waals surface area contributed by atoms with Crippen LogP contribution in [-0.2, 0) is 10.2 Å². The molecular weight excluding hydrogens is 368 g/mol. The van der Waals surface area contributed by atoms with E-state index in [0.29, 0.717) is 12.1 Å². The van der Waals surface area contributed by atoms with Gasteiger partial charge in [-0.2, -0.15) is 0 Å². The van der Waals surface area contributed by atoms with Crippen LogP contribution in [0, 0.1) is 0 Å². The topological polar surface area (TPSA) is 42.4 Å². The molecule has 0 bridgehead atoms. The molecule has 2 heterocycles. The Balaban J connectivity index is 1.66. The van der Waals surface area contributed by atoms with E-state index in [4.69, 9.17) is 9.72 Å². The number of hydrogen-bond donors (Lipinski definition) is 0. The monoisotopic (exact) mass is 394 g/mol. The minimum atomic E-state index is -0.0185. The quantitative estimate of drug-likeness (QED) is 0.593. The lowest BCUT2D eigenvalue weighted by Crippen LogP contribution is -2.37. The van der Waals surface area contributed by atoms with Crippen molar-refractivity contribution >= 4 is 32.6 Å². The number of anilines is 1. The molecule has 0 radical (unpaired) electrons. The fraction of sp³-hybridized carbons (Fsp3) is 0.391. The molecule has 2 aromatic carbocycles. The summed E-state index contributed by atoms with van der Waals surface area (Å²) in [5.41, 5.74) is 2.89. The van der Waals surface area contributed by atoms with Crippen molar-refractivity contribution in [2.24, 2.45) is 0 Å². The van der Waals surface area contributed by atoms with Crippen LogP contribution in [0.25, 0.3) is 10.2 Å². The third kappa shape index (κ3) is 3.96. The van der Waals surface area contributed by atoms with Gasteiger partial charge >= 0.3 is 0 Å². The fourth-order valence-electron chi connectivity index (χ4n) is 3.48. The van der Waals surface area contributed by atoms with Crippen LogP contribution in [0.4, 0.5) is 5.13 Å². The van der Waals surface area contributed by atoms with E-state index < -0.39 is 0 Å². The van der Waals surface area contributed by atoms with Crippen molar-refractivity contribution in [3.8, 4) is 0 Å². The number of nitrogens with zero attached hydrogens (tertiary/aromatic N) is 2. The molecule has 5 heteroatoms. The van der Waals surface area contributed by atoms with E-state index in [2.05, 4.69) is 32.9 Å². The predicted octanol–water partition coefficient (Wildman–Crippen LogP) is 5.42. The molecule has 1 aromatic heterocycles. The number of benzene rings is 2. The first kappa shape index (κ1) is 19.1. The second-order valence-corrected chi connectivity index (χ2v) is 9.35. The van der Waals surface area contributed by atoms with E-state index in [-0.39, 0.29) is 17.4 Å². The number of para-hydroxylation sites is 1. The average molecular weight is 395 g/mol. The second kappa shape index (κ2) is 7.64. The van der Waals surface area contributed by atoms with Gasteiger partial charge in [-0.3, -0.25) is 9.69 Å². The Labute approximate surface area is 170 Å². The van der Waals surface area contributed by atoms with Crippen molar-refractivity contribution in [2.45, 2.75) is 45.1 Å². The molecule has 0 saturated carbocycles. The van der Waals surface area contributed by atoms with Crippen molar-refractivity contribution in [1.29, 1.82) is 0 Å². The summed E-state index contributed by atoms with van der Waals surface area (Å²) in [6.07, 6.45) is 2.11. The van der Waals surface area contributed by atoms with E-state index in [1.165, 1.54) is 5.56 Å². The van der Waals surface area contributed by atoms with Crippen molar-refractivity contribution < 1.29 is 9.53 Å². The Bertz CT molecular complexity index is 933. The van der Waals surface area contributed by atoms with E-state index in [1.807, 2.05) is 36.4 Å². The van der Waals surface area contributed by atoms with Crippen molar-refractivity contribution in [3.05, 3.63) is 59.7 Å². The van der Waals surface area contributed by atoms with Gasteiger partial charge in [-0.05, 0) is 48.1 Å². The van der Waals surface area contributed by atoms with Gasteiger partial charge in [0.2, 0.25) is 0 Å². The normalized spacial score (nSPS) is 17.2. The van der Waals surface area contributed by atoms with Crippen LogP contribution in [0.1, 0.15) is 49.5 Å². The maximum Gasteiger partial charge on any atom is 0.260 e. The molecule has 0 spiro atoms. The van der Waals surface area contributed by atoms with Gasteiger partial charge in [0.15, 0.2) is 5.13 Å². The van der Waals surface area contributed by atoms with Crippen LogP contribution >= 0.6 is 11.3 Å². The van der Waals surface area contributed by atoms with Crippen molar-refractivity contribution in [1.82, 2.24) is 4.98 Å². The molecule has 4 rings (SSSR count). The third-order valence-electron chi connectivity index (χ3n) is 5.17. The second-order valence-electron chi connectivity index (χ2n) is 8.34. The van der Waals surface area contributed by atoms with Crippen LogP contribution in [0.5, 0.6) is 0 Å². The lowest BCUT2D eigenvalue weighted by atomic mass is 9.86. The number of fused-ring (bicyclic) bond motifs is 1. The summed E-state index contributed by atoms with van der Waals surface area (Å²) < 4.78 is 6.90. The van der Waals surface area contributed by atoms with Gasteiger partial charge in [-0.15, -0.1) is 0 Å². The number of carbonyl (C=O) groups excluding carboxylic acids is 1. The Morgan fingerprint density at radius 1 is 1.18 bits per heavy atom. The summed E-state index contributed by atoms with van der Waals surface area (Å²) in [5, 5.41) is 0.738. The molecule has 3 aromatic rings. The highest BCUT2D eigenvalue weighted by Gasteiger charge is 2.27. The molecule has 1 saturated heterocycles. The fourth-order valence-corrected chi connectivity index (χ4v) is 4.46. The van der Waals surface area contributed by atoms with Gasteiger partial charge in [0.25, 0.3) is 5.91 Å². The van der Waals surface area contributed by atoms with Gasteiger partial charge in [-0.25, -0.2) is 4.98 Å². The molecule has 28 heavy (non-hydrogen) atoms. The Morgan fingerprint density at radius 2 is 1.93 bits per heavy atom. The van der Waals surface area contributed by atoms with Crippen LogP contribution in [0.3, 0.4) is 0 Å². The van der Waals surface area contributed by atoms with Crippen LogP contribution in [0.15, 0.2) is 48.5 Å². The summed E-state index contributed by atoms with van der Waals surface area (Å²) >= 11 is 1.56. The molecule has 4 nitrogen and oxygen atoms in total. The lowest BCUT2D eigenvalue weighted by molar-refractivity contribution is 0.0917. The first-order chi connectivity index (χ1) is 13.4. The van der Waals surface area contributed by atoms with E-state index in [1.54, 1.807) is 16.2 Å². The SMILES string of the molecule is CC(C)(C)c1ccc(C(=O)N(CC2CCCO2)c2nc3ccccc3s2)cc1. The molecule has 1 unspecified atom stereocenters. The molecular formula is C23H26N2O2S. The molecule has 146 valence electrons. The van der Waals surface area contributed by atoms with Gasteiger partial charge in [-0.1, -0.05) is 56.4 Å². The molecule has 0 aliphatic carbocycles. The highest BCUT2D eigenvalue weighted by molar-refractivity contribution is 7.22. The van der Waals surface area contributed by atoms with Gasteiger partial charge in [0.1, 0.15) is 0 Å². The molecule has 0 N–H and O–H groups in total. The zero-order chi connectivity index (χ0) is 19.7. The third-order valence-corrected chi connectivity index (χ3v) is 6.23. The minimum Gasteiger partial charge on any atom is -0.376 e. The number of carbonyl (C=O) groups is 1. The number of rotatable bonds is 4. The summed E-state index contributed by atoms with van der Waals surface area (Å²) in [4.78, 5) is 19.9. The Morgan fingerprint density at radius 3 is 2.57 bits per heavy atom. The summed E-state index contributed by atoms with van der Waals surface area (Å²) in [5.74, 6) is -0.0185.